The third kappa shape index (κ3) is 3.76. The number of rotatable bonds is 7. The predicted octanol–water partition coefficient (Wildman–Crippen LogP) is 2.52. The summed E-state index contributed by atoms with van der Waals surface area (Å²) in [6.45, 7) is 6.18. The summed E-state index contributed by atoms with van der Waals surface area (Å²) >= 11 is 0. The lowest BCUT2D eigenvalue weighted by atomic mass is 10.2. The fraction of sp³-hybridized carbons (Fsp3) is 0.438. The van der Waals surface area contributed by atoms with E-state index in [-0.39, 0.29) is 0 Å². The molecule has 0 atom stereocenters. The normalized spacial score (nSPS) is 10.7. The van der Waals surface area contributed by atoms with Gasteiger partial charge in [-0.3, -0.25) is 4.68 Å². The number of aromatic nitrogens is 2. The first-order valence-corrected chi connectivity index (χ1v) is 7.15. The summed E-state index contributed by atoms with van der Waals surface area (Å²) in [7, 11) is 3.58. The van der Waals surface area contributed by atoms with Crippen molar-refractivity contribution in [2.45, 2.75) is 33.5 Å². The average molecular weight is 289 g/mol. The van der Waals surface area contributed by atoms with E-state index in [1.165, 1.54) is 0 Å². The van der Waals surface area contributed by atoms with Gasteiger partial charge in [0.15, 0.2) is 11.5 Å². The molecule has 0 saturated carbocycles. The van der Waals surface area contributed by atoms with Crippen LogP contribution in [0.1, 0.15) is 23.9 Å². The van der Waals surface area contributed by atoms with Gasteiger partial charge < -0.3 is 14.8 Å². The molecule has 0 aliphatic heterocycles. The summed E-state index contributed by atoms with van der Waals surface area (Å²) in [5.74, 6) is 1.50. The van der Waals surface area contributed by atoms with Gasteiger partial charge in [-0.1, -0.05) is 6.07 Å². The molecule has 0 spiro atoms. The van der Waals surface area contributed by atoms with Crippen molar-refractivity contribution in [3.05, 3.63) is 41.2 Å². The van der Waals surface area contributed by atoms with Gasteiger partial charge in [-0.2, -0.15) is 5.10 Å². The molecule has 0 unspecified atom stereocenters. The minimum absolute atomic E-state index is 0.480. The average Bonchev–Trinajstić information content (AvgIpc) is 2.86. The molecule has 1 aromatic heterocycles. The monoisotopic (exact) mass is 289 g/mol. The van der Waals surface area contributed by atoms with E-state index in [2.05, 4.69) is 17.3 Å². The molecule has 1 aromatic carbocycles. The van der Waals surface area contributed by atoms with Crippen LogP contribution in [0.5, 0.6) is 11.5 Å². The van der Waals surface area contributed by atoms with Crippen LogP contribution in [-0.4, -0.2) is 23.9 Å². The van der Waals surface area contributed by atoms with Gasteiger partial charge in [-0.05, 0) is 44.7 Å². The zero-order valence-corrected chi connectivity index (χ0v) is 13.1. The molecule has 5 heteroatoms. The number of methoxy groups -OCH3 is 1. The Hall–Kier alpha value is -2.01. The number of nitrogens with zero attached hydrogens (tertiary/aromatic N) is 2. The number of aryl methyl sites for hydroxylation is 2. The molecule has 1 N–H and O–H groups in total. The van der Waals surface area contributed by atoms with Crippen molar-refractivity contribution in [2.75, 3.05) is 14.2 Å². The zero-order valence-electron chi connectivity index (χ0n) is 13.1. The Bertz CT molecular complexity index is 593. The molecule has 0 radical (unpaired) electrons. The van der Waals surface area contributed by atoms with E-state index < -0.39 is 0 Å². The molecule has 2 rings (SSSR count). The van der Waals surface area contributed by atoms with Crippen molar-refractivity contribution in [3.8, 4) is 11.5 Å². The van der Waals surface area contributed by atoms with Crippen LogP contribution >= 0.6 is 0 Å². The van der Waals surface area contributed by atoms with Crippen molar-refractivity contribution in [3.63, 3.8) is 0 Å². The van der Waals surface area contributed by atoms with Crippen LogP contribution < -0.4 is 14.8 Å². The Morgan fingerprint density at radius 2 is 2.05 bits per heavy atom. The van der Waals surface area contributed by atoms with Gasteiger partial charge in [0.1, 0.15) is 6.61 Å². The maximum Gasteiger partial charge on any atom is 0.162 e. The first-order valence-electron chi connectivity index (χ1n) is 7.15. The molecule has 5 nitrogen and oxygen atoms in total. The molecule has 114 valence electrons. The SMILES string of the molecule is CCn1nc(C)cc1COc1cc(CNC)ccc1OC. The highest BCUT2D eigenvalue weighted by Gasteiger charge is 2.09. The minimum atomic E-state index is 0.480. The third-order valence-corrected chi connectivity index (χ3v) is 3.27. The van der Waals surface area contributed by atoms with Gasteiger partial charge in [-0.25, -0.2) is 0 Å². The van der Waals surface area contributed by atoms with Crippen LogP contribution in [0.25, 0.3) is 0 Å². The fourth-order valence-electron chi connectivity index (χ4n) is 2.29. The van der Waals surface area contributed by atoms with Gasteiger partial charge in [0, 0.05) is 13.1 Å². The lowest BCUT2D eigenvalue weighted by Crippen LogP contribution is -2.08. The molecule has 0 aliphatic rings. The lowest BCUT2D eigenvalue weighted by molar-refractivity contribution is 0.273. The van der Waals surface area contributed by atoms with Crippen LogP contribution in [0, 0.1) is 6.92 Å². The van der Waals surface area contributed by atoms with Gasteiger partial charge in [0.2, 0.25) is 0 Å². The molecule has 1 heterocycles. The number of benzene rings is 1. The van der Waals surface area contributed by atoms with E-state index in [9.17, 15) is 0 Å². The molecule has 0 bridgehead atoms. The van der Waals surface area contributed by atoms with E-state index in [0.717, 1.165) is 41.5 Å². The van der Waals surface area contributed by atoms with E-state index >= 15 is 0 Å². The van der Waals surface area contributed by atoms with Crippen LogP contribution in [0.2, 0.25) is 0 Å². The standard InChI is InChI=1S/C16H23N3O2/c1-5-19-14(8-12(2)18-19)11-21-16-9-13(10-17-3)6-7-15(16)20-4/h6-9,17H,5,10-11H2,1-4H3. The number of nitrogens with one attached hydrogen (secondary N) is 1. The maximum absolute atomic E-state index is 5.94. The fourth-order valence-corrected chi connectivity index (χ4v) is 2.29. The Balaban J connectivity index is 2.15. The van der Waals surface area contributed by atoms with Crippen LogP contribution in [0.4, 0.5) is 0 Å². The van der Waals surface area contributed by atoms with Gasteiger partial charge in [0.25, 0.3) is 0 Å². The summed E-state index contributed by atoms with van der Waals surface area (Å²) in [6, 6.07) is 8.02. The van der Waals surface area contributed by atoms with E-state index in [1.807, 2.05) is 42.9 Å². The van der Waals surface area contributed by atoms with E-state index in [1.54, 1.807) is 7.11 Å². The van der Waals surface area contributed by atoms with Gasteiger partial charge in [-0.15, -0.1) is 0 Å². The van der Waals surface area contributed by atoms with Crippen molar-refractivity contribution < 1.29 is 9.47 Å². The molecule has 0 aliphatic carbocycles. The summed E-state index contributed by atoms with van der Waals surface area (Å²) in [4.78, 5) is 0. The largest absolute Gasteiger partial charge is 0.493 e. The van der Waals surface area contributed by atoms with Gasteiger partial charge >= 0.3 is 0 Å². The quantitative estimate of drug-likeness (QED) is 0.851. The first kappa shape index (κ1) is 15.4. The molecule has 0 fully saturated rings. The summed E-state index contributed by atoms with van der Waals surface area (Å²) in [5, 5.41) is 7.56. The van der Waals surface area contributed by atoms with E-state index in [4.69, 9.17) is 9.47 Å². The maximum atomic E-state index is 5.94. The second-order valence-electron chi connectivity index (χ2n) is 4.90. The topological polar surface area (TPSA) is 48.3 Å². The first-order chi connectivity index (χ1) is 10.2. The lowest BCUT2D eigenvalue weighted by Gasteiger charge is -2.13. The zero-order chi connectivity index (χ0) is 15.2. The highest BCUT2D eigenvalue weighted by Crippen LogP contribution is 2.28. The molecular weight excluding hydrogens is 266 g/mol. The Labute approximate surface area is 125 Å². The molecular formula is C16H23N3O2. The van der Waals surface area contributed by atoms with Crippen molar-refractivity contribution in [2.24, 2.45) is 0 Å². The molecule has 2 aromatic rings. The van der Waals surface area contributed by atoms with Crippen LogP contribution in [-0.2, 0) is 19.7 Å². The van der Waals surface area contributed by atoms with Crippen LogP contribution in [0.15, 0.2) is 24.3 Å². The highest BCUT2D eigenvalue weighted by molar-refractivity contribution is 5.43. The highest BCUT2D eigenvalue weighted by atomic mass is 16.5. The second kappa shape index (κ2) is 7.13. The summed E-state index contributed by atoms with van der Waals surface area (Å²) < 4.78 is 13.3. The second-order valence-corrected chi connectivity index (χ2v) is 4.90. The molecule has 0 amide bonds. The number of hydrogen-bond donors (Lipinski definition) is 1. The van der Waals surface area contributed by atoms with E-state index in [0.29, 0.717) is 6.61 Å². The number of ether oxygens (including phenoxy) is 2. The van der Waals surface area contributed by atoms with Gasteiger partial charge in [0.05, 0.1) is 18.5 Å². The third-order valence-electron chi connectivity index (χ3n) is 3.27. The van der Waals surface area contributed by atoms with Crippen molar-refractivity contribution in [1.82, 2.24) is 15.1 Å². The van der Waals surface area contributed by atoms with Crippen molar-refractivity contribution in [1.29, 1.82) is 0 Å². The smallest absolute Gasteiger partial charge is 0.162 e. The Morgan fingerprint density at radius 3 is 2.71 bits per heavy atom. The minimum Gasteiger partial charge on any atom is -0.493 e. The molecule has 21 heavy (non-hydrogen) atoms. The number of hydrogen-bond acceptors (Lipinski definition) is 4. The molecule has 0 saturated heterocycles. The van der Waals surface area contributed by atoms with Crippen molar-refractivity contribution >= 4 is 0 Å². The predicted molar refractivity (Wildman–Crippen MR) is 82.7 cm³/mol. The Kier molecular flexibility index (Phi) is 5.22. The Morgan fingerprint density at radius 1 is 1.24 bits per heavy atom. The summed E-state index contributed by atoms with van der Waals surface area (Å²) in [5.41, 5.74) is 3.23. The van der Waals surface area contributed by atoms with Crippen LogP contribution in [0.3, 0.4) is 0 Å². The summed E-state index contributed by atoms with van der Waals surface area (Å²) in [6.07, 6.45) is 0.